The van der Waals surface area contributed by atoms with Crippen molar-refractivity contribution in [2.24, 2.45) is 0 Å². The van der Waals surface area contributed by atoms with Gasteiger partial charge in [-0.05, 0) is 64.2 Å². The fraction of sp³-hybridized carbons (Fsp3) is 0.681. The minimum absolute atomic E-state index is 0.0410. The lowest BCUT2D eigenvalue weighted by molar-refractivity contribution is -0.887. The van der Waals surface area contributed by atoms with Crippen molar-refractivity contribution >= 4 is 17.9 Å². The molecule has 0 aliphatic heterocycles. The summed E-state index contributed by atoms with van der Waals surface area (Å²) in [5.41, 5.74) is 0. The Bertz CT molecular complexity index is 1130. The van der Waals surface area contributed by atoms with Crippen molar-refractivity contribution in [2.45, 2.75) is 167 Å². The molecule has 0 aliphatic rings. The third-order valence-corrected chi connectivity index (χ3v) is 9.12. The number of rotatable bonds is 37. The predicted molar refractivity (Wildman–Crippen MR) is 229 cm³/mol. The Morgan fingerprint density at radius 1 is 0.564 bits per heavy atom. The van der Waals surface area contributed by atoms with Crippen molar-refractivity contribution in [3.8, 4) is 0 Å². The van der Waals surface area contributed by atoms with Gasteiger partial charge >= 0.3 is 17.9 Å². The summed E-state index contributed by atoms with van der Waals surface area (Å²) >= 11 is 0. The van der Waals surface area contributed by atoms with E-state index >= 15 is 0 Å². The van der Waals surface area contributed by atoms with Crippen molar-refractivity contribution < 1.29 is 38.2 Å². The smallest absolute Gasteiger partial charge is 0.362 e. The number of hydrogen-bond donors (Lipinski definition) is 1. The summed E-state index contributed by atoms with van der Waals surface area (Å²) in [5, 5.41) is 9.60. The molecule has 0 aromatic heterocycles. The van der Waals surface area contributed by atoms with Crippen LogP contribution in [-0.2, 0) is 28.6 Å². The van der Waals surface area contributed by atoms with Crippen molar-refractivity contribution in [3.63, 3.8) is 0 Å². The highest BCUT2D eigenvalue weighted by atomic mass is 16.6. The van der Waals surface area contributed by atoms with Crippen LogP contribution in [-0.4, -0.2) is 80.6 Å². The molecule has 0 aromatic carbocycles. The van der Waals surface area contributed by atoms with Gasteiger partial charge in [-0.25, -0.2) is 4.79 Å². The molecule has 0 amide bonds. The zero-order valence-electron chi connectivity index (χ0n) is 35.6. The van der Waals surface area contributed by atoms with Gasteiger partial charge < -0.3 is 23.8 Å². The van der Waals surface area contributed by atoms with E-state index in [4.69, 9.17) is 14.2 Å². The number of hydrogen-bond acceptors (Lipinski definition) is 6. The molecule has 314 valence electrons. The number of unbranched alkanes of at least 4 members (excludes halogenated alkanes) is 11. The molecule has 0 saturated carbocycles. The topological polar surface area (TPSA) is 99.1 Å². The molecule has 55 heavy (non-hydrogen) atoms. The fourth-order valence-corrected chi connectivity index (χ4v) is 5.80. The molecule has 0 rings (SSSR count). The quantitative estimate of drug-likeness (QED) is 0.0291. The van der Waals surface area contributed by atoms with E-state index < -0.39 is 18.1 Å². The van der Waals surface area contributed by atoms with Crippen LogP contribution in [0.15, 0.2) is 72.9 Å². The van der Waals surface area contributed by atoms with Gasteiger partial charge in [0.1, 0.15) is 6.61 Å². The first kappa shape index (κ1) is 51.8. The minimum atomic E-state index is -0.885. The van der Waals surface area contributed by atoms with Gasteiger partial charge in [0.05, 0.1) is 34.4 Å². The summed E-state index contributed by atoms with van der Waals surface area (Å²) in [7, 11) is 5.50. The summed E-state index contributed by atoms with van der Waals surface area (Å²) < 4.78 is 17.2. The Hall–Kier alpha value is -3.23. The van der Waals surface area contributed by atoms with Crippen LogP contribution in [0.3, 0.4) is 0 Å². The van der Waals surface area contributed by atoms with Crippen molar-refractivity contribution in [2.75, 3.05) is 41.0 Å². The highest BCUT2D eigenvalue weighted by Gasteiger charge is 2.31. The maximum atomic E-state index is 12.7. The predicted octanol–water partition coefficient (Wildman–Crippen LogP) is 11.6. The molecule has 0 radical (unpaired) electrons. The summed E-state index contributed by atoms with van der Waals surface area (Å²) in [6.45, 7) is 4.54. The van der Waals surface area contributed by atoms with Crippen LogP contribution in [0.2, 0.25) is 0 Å². The van der Waals surface area contributed by atoms with Crippen LogP contribution in [0.25, 0.3) is 0 Å². The molecule has 8 heteroatoms. The summed E-state index contributed by atoms with van der Waals surface area (Å²) in [6.07, 6.45) is 46.6. The van der Waals surface area contributed by atoms with E-state index in [1.807, 2.05) is 21.1 Å². The molecule has 0 heterocycles. The number of esters is 2. The number of ether oxygens (including phenoxy) is 3. The van der Waals surface area contributed by atoms with Crippen molar-refractivity contribution in [1.29, 1.82) is 0 Å². The first-order valence-corrected chi connectivity index (χ1v) is 21.5. The number of quaternary nitrogens is 1. The van der Waals surface area contributed by atoms with Crippen LogP contribution in [0.4, 0.5) is 0 Å². The van der Waals surface area contributed by atoms with Gasteiger partial charge in [-0.1, -0.05) is 145 Å². The average Bonchev–Trinajstić information content (AvgIpc) is 3.14. The molecular formula is C47H80NO7+. The van der Waals surface area contributed by atoms with E-state index in [0.29, 0.717) is 19.3 Å². The van der Waals surface area contributed by atoms with Crippen LogP contribution >= 0.6 is 0 Å². The van der Waals surface area contributed by atoms with Gasteiger partial charge in [0.2, 0.25) is 0 Å². The highest BCUT2D eigenvalue weighted by Crippen LogP contribution is 2.13. The standard InChI is InChI=1S/C47H79NO7/c1-6-8-10-12-14-16-18-19-20-21-22-23-24-25-26-27-28-30-32-34-36-38-46(50)55-43(41-53-40-39-44(47(51)52)48(3,4)5)42-54-45(49)37-35-33-31-29-17-15-13-11-9-7-2/h8,10,14,16,19-20,22-23,25-26,28,30,43-44H,6-7,9,11-13,15,17-18,21,24,27,29,31-42H2,1-5H3/p+1/b10-8+,16-14+,20-19+,23-22+,26-25+,30-28+. The van der Waals surface area contributed by atoms with E-state index in [-0.39, 0.29) is 42.7 Å². The van der Waals surface area contributed by atoms with Crippen molar-refractivity contribution in [1.82, 2.24) is 0 Å². The largest absolute Gasteiger partial charge is 0.477 e. The number of allylic oxidation sites excluding steroid dienone is 12. The maximum Gasteiger partial charge on any atom is 0.362 e. The van der Waals surface area contributed by atoms with Crippen LogP contribution < -0.4 is 0 Å². The first-order chi connectivity index (χ1) is 26.6. The number of likely N-dealkylation sites (N-methyl/N-ethyl adjacent to an activating group) is 1. The molecule has 0 spiro atoms. The molecule has 0 bridgehead atoms. The maximum absolute atomic E-state index is 12.7. The minimum Gasteiger partial charge on any atom is -0.477 e. The molecule has 0 aromatic rings. The summed E-state index contributed by atoms with van der Waals surface area (Å²) in [5.74, 6) is -1.53. The second kappa shape index (κ2) is 37.7. The second-order valence-electron chi connectivity index (χ2n) is 15.2. The Labute approximate surface area is 336 Å². The summed E-state index contributed by atoms with van der Waals surface area (Å²) in [4.78, 5) is 36.9. The monoisotopic (exact) mass is 771 g/mol. The highest BCUT2D eigenvalue weighted by molar-refractivity contribution is 5.72. The van der Waals surface area contributed by atoms with Gasteiger partial charge in [0, 0.05) is 19.3 Å². The molecule has 2 atom stereocenters. The lowest BCUT2D eigenvalue weighted by atomic mass is 10.1. The average molecular weight is 771 g/mol. The SMILES string of the molecule is CC/C=C/C/C=C/C/C=C/C/C=C/C/C=C/C/C=C/CCCCC(=O)OC(COCCC(C(=O)O)[N+](C)(C)C)COC(=O)CCCCCCCCCCCC. The Morgan fingerprint density at radius 3 is 1.51 bits per heavy atom. The van der Waals surface area contributed by atoms with Gasteiger partial charge in [0.15, 0.2) is 12.1 Å². The van der Waals surface area contributed by atoms with Gasteiger partial charge in [-0.2, -0.15) is 0 Å². The van der Waals surface area contributed by atoms with Crippen LogP contribution in [0.1, 0.15) is 155 Å². The molecule has 0 saturated heterocycles. The third kappa shape index (κ3) is 36.2. The molecule has 0 aliphatic carbocycles. The second-order valence-corrected chi connectivity index (χ2v) is 15.2. The zero-order valence-corrected chi connectivity index (χ0v) is 35.6. The van der Waals surface area contributed by atoms with E-state index in [9.17, 15) is 19.5 Å². The Kier molecular flexibility index (Phi) is 35.5. The fourth-order valence-electron chi connectivity index (χ4n) is 5.80. The Balaban J connectivity index is 4.43. The number of carbonyl (C=O) groups is 3. The number of carbonyl (C=O) groups excluding carboxylic acids is 2. The number of carboxylic acid groups (broad SMARTS) is 1. The van der Waals surface area contributed by atoms with E-state index in [1.54, 1.807) is 0 Å². The lowest BCUT2D eigenvalue weighted by Gasteiger charge is -2.31. The summed E-state index contributed by atoms with van der Waals surface area (Å²) in [6, 6.07) is -0.624. The van der Waals surface area contributed by atoms with E-state index in [2.05, 4.69) is 86.8 Å². The van der Waals surface area contributed by atoms with Gasteiger partial charge in [-0.15, -0.1) is 0 Å². The van der Waals surface area contributed by atoms with Crippen LogP contribution in [0, 0.1) is 0 Å². The van der Waals surface area contributed by atoms with Gasteiger partial charge in [0.25, 0.3) is 0 Å². The molecule has 1 N–H and O–H groups in total. The number of carboxylic acids is 1. The third-order valence-electron chi connectivity index (χ3n) is 9.12. The lowest BCUT2D eigenvalue weighted by Crippen LogP contribution is -2.50. The molecule has 0 fully saturated rings. The number of aliphatic carboxylic acids is 1. The number of nitrogens with zero attached hydrogens (tertiary/aromatic N) is 1. The van der Waals surface area contributed by atoms with E-state index in [1.165, 1.54) is 44.9 Å². The van der Waals surface area contributed by atoms with Gasteiger partial charge in [-0.3, -0.25) is 9.59 Å². The molecular weight excluding hydrogens is 691 g/mol. The first-order valence-electron chi connectivity index (χ1n) is 21.5. The zero-order chi connectivity index (χ0) is 40.7. The van der Waals surface area contributed by atoms with Crippen LogP contribution in [0.5, 0.6) is 0 Å². The Morgan fingerprint density at radius 2 is 1.02 bits per heavy atom. The van der Waals surface area contributed by atoms with Crippen molar-refractivity contribution in [3.05, 3.63) is 72.9 Å². The van der Waals surface area contributed by atoms with E-state index in [0.717, 1.165) is 70.6 Å². The molecule has 2 unspecified atom stereocenters. The molecule has 8 nitrogen and oxygen atoms in total. The normalized spacial score (nSPS) is 13.7.